The quantitative estimate of drug-likeness (QED) is 0.545. The van der Waals surface area contributed by atoms with Crippen molar-refractivity contribution in [2.24, 2.45) is 0 Å². The number of nitriles is 1. The fourth-order valence-electron chi connectivity index (χ4n) is 2.33. The van der Waals surface area contributed by atoms with Crippen LogP contribution in [0.2, 0.25) is 0 Å². The summed E-state index contributed by atoms with van der Waals surface area (Å²) in [7, 11) is 0. The van der Waals surface area contributed by atoms with Crippen LogP contribution in [0, 0.1) is 11.3 Å². The number of fused-ring (bicyclic) bond motifs is 1. The van der Waals surface area contributed by atoms with Gasteiger partial charge >= 0.3 is 0 Å². The van der Waals surface area contributed by atoms with E-state index in [-0.39, 0.29) is 10.8 Å². The molecule has 1 atom stereocenters. The van der Waals surface area contributed by atoms with Crippen molar-refractivity contribution in [1.29, 1.82) is 5.26 Å². The molecule has 5 heteroatoms. The minimum absolute atomic E-state index is 0.0768. The van der Waals surface area contributed by atoms with E-state index in [1.54, 1.807) is 17.6 Å². The van der Waals surface area contributed by atoms with Gasteiger partial charge in [0.25, 0.3) is 5.56 Å². The molecule has 0 radical (unpaired) electrons. The molecule has 1 aromatic heterocycles. The summed E-state index contributed by atoms with van der Waals surface area (Å²) in [5, 5.41) is 9.97. The molecule has 0 aliphatic heterocycles. The van der Waals surface area contributed by atoms with Crippen LogP contribution < -0.4 is 5.56 Å². The van der Waals surface area contributed by atoms with Gasteiger partial charge in [-0.1, -0.05) is 54.2 Å². The summed E-state index contributed by atoms with van der Waals surface area (Å²) in [4.78, 5) is 17.4. The van der Waals surface area contributed by atoms with E-state index in [2.05, 4.69) is 11.1 Å². The third kappa shape index (κ3) is 3.27. The van der Waals surface area contributed by atoms with Gasteiger partial charge in [-0.25, -0.2) is 4.98 Å². The lowest BCUT2D eigenvalue weighted by molar-refractivity contribution is 0.657. The number of thioether (sulfide) groups is 1. The first-order valence-electron chi connectivity index (χ1n) is 7.29. The number of aromatic nitrogens is 2. The average molecular weight is 321 g/mol. The van der Waals surface area contributed by atoms with E-state index >= 15 is 0 Å². The van der Waals surface area contributed by atoms with Crippen molar-refractivity contribution in [2.45, 2.75) is 23.9 Å². The number of benzene rings is 2. The summed E-state index contributed by atoms with van der Waals surface area (Å²) in [5.74, 6) is 0. The number of nitrogens with zero attached hydrogens (tertiary/aromatic N) is 3. The Hall–Kier alpha value is -2.58. The van der Waals surface area contributed by atoms with Crippen LogP contribution in [0.4, 0.5) is 0 Å². The van der Waals surface area contributed by atoms with E-state index in [1.807, 2.05) is 48.5 Å². The fourth-order valence-corrected chi connectivity index (χ4v) is 3.12. The molecule has 0 aliphatic rings. The zero-order chi connectivity index (χ0) is 16.2. The molecule has 0 spiro atoms. The minimum Gasteiger partial charge on any atom is -0.283 e. The highest BCUT2D eigenvalue weighted by molar-refractivity contribution is 8.00. The second-order valence-corrected chi connectivity index (χ2v) is 6.49. The summed E-state index contributed by atoms with van der Waals surface area (Å²) < 4.78 is 1.65. The molecule has 4 nitrogen and oxygen atoms in total. The average Bonchev–Trinajstić information content (AvgIpc) is 2.59. The minimum atomic E-state index is -0.273. The monoisotopic (exact) mass is 321 g/mol. The molecular formula is C18H15N3OS. The number of hydrogen-bond donors (Lipinski definition) is 0. The van der Waals surface area contributed by atoms with Gasteiger partial charge < -0.3 is 0 Å². The second-order valence-electron chi connectivity index (χ2n) is 5.18. The molecule has 0 saturated heterocycles. The van der Waals surface area contributed by atoms with Gasteiger partial charge in [0.15, 0.2) is 5.16 Å². The topological polar surface area (TPSA) is 58.7 Å². The summed E-state index contributed by atoms with van der Waals surface area (Å²) in [6.45, 7) is 2.25. The summed E-state index contributed by atoms with van der Waals surface area (Å²) in [6.07, 6.45) is 0. The molecule has 3 rings (SSSR count). The maximum Gasteiger partial charge on any atom is 0.262 e. The van der Waals surface area contributed by atoms with E-state index in [1.165, 1.54) is 11.8 Å². The summed E-state index contributed by atoms with van der Waals surface area (Å²) in [5.41, 5.74) is 1.61. The highest BCUT2D eigenvalue weighted by Gasteiger charge is 2.14. The van der Waals surface area contributed by atoms with E-state index in [0.717, 1.165) is 5.56 Å². The molecule has 0 saturated carbocycles. The zero-order valence-electron chi connectivity index (χ0n) is 12.6. The highest BCUT2D eigenvalue weighted by Crippen LogP contribution is 2.22. The molecule has 0 N–H and O–H groups in total. The lowest BCUT2D eigenvalue weighted by Gasteiger charge is -2.13. The van der Waals surface area contributed by atoms with Gasteiger partial charge in [-0.15, -0.1) is 0 Å². The van der Waals surface area contributed by atoms with Crippen LogP contribution in [0.15, 0.2) is 64.5 Å². The molecular weight excluding hydrogens is 306 g/mol. The lowest BCUT2D eigenvalue weighted by Crippen LogP contribution is -2.24. The van der Waals surface area contributed by atoms with Gasteiger partial charge in [-0.3, -0.25) is 9.36 Å². The largest absolute Gasteiger partial charge is 0.283 e. The van der Waals surface area contributed by atoms with Crippen LogP contribution in [0.1, 0.15) is 12.5 Å². The summed E-state index contributed by atoms with van der Waals surface area (Å²) >= 11 is 1.31. The Bertz CT molecular complexity index is 928. The van der Waals surface area contributed by atoms with Crippen molar-refractivity contribution in [1.82, 2.24) is 9.55 Å². The van der Waals surface area contributed by atoms with Crippen LogP contribution in [0.3, 0.4) is 0 Å². The van der Waals surface area contributed by atoms with Crippen LogP contribution >= 0.6 is 11.8 Å². The Kier molecular flexibility index (Phi) is 4.45. The standard InChI is InChI=1S/C18H15N3OS/c1-13(11-19)23-18-20-16-10-6-5-9-15(16)17(22)21(18)12-14-7-3-2-4-8-14/h2-10,13H,12H2,1H3/t13-/m0/s1. The Morgan fingerprint density at radius 2 is 1.87 bits per heavy atom. The Morgan fingerprint density at radius 1 is 1.17 bits per heavy atom. The normalized spacial score (nSPS) is 12.0. The first-order valence-corrected chi connectivity index (χ1v) is 8.17. The van der Waals surface area contributed by atoms with E-state index < -0.39 is 0 Å². The highest BCUT2D eigenvalue weighted by atomic mass is 32.2. The van der Waals surface area contributed by atoms with Gasteiger partial charge in [-0.2, -0.15) is 5.26 Å². The molecule has 0 fully saturated rings. The van der Waals surface area contributed by atoms with Gasteiger partial charge in [0.05, 0.1) is 28.8 Å². The Balaban J connectivity index is 2.16. The Morgan fingerprint density at radius 3 is 2.61 bits per heavy atom. The van der Waals surface area contributed by atoms with E-state index in [0.29, 0.717) is 22.6 Å². The lowest BCUT2D eigenvalue weighted by atomic mass is 10.2. The van der Waals surface area contributed by atoms with E-state index in [4.69, 9.17) is 5.26 Å². The molecule has 114 valence electrons. The molecule has 0 bridgehead atoms. The van der Waals surface area contributed by atoms with Crippen LogP contribution in [-0.4, -0.2) is 14.8 Å². The molecule has 0 amide bonds. The maximum absolute atomic E-state index is 12.9. The number of rotatable bonds is 4. The molecule has 1 heterocycles. The van der Waals surface area contributed by atoms with Gasteiger partial charge in [-0.05, 0) is 24.6 Å². The SMILES string of the molecule is C[C@@H](C#N)Sc1nc2ccccc2c(=O)n1Cc1ccccc1. The zero-order valence-corrected chi connectivity index (χ0v) is 13.5. The van der Waals surface area contributed by atoms with Crippen LogP contribution in [-0.2, 0) is 6.54 Å². The molecule has 23 heavy (non-hydrogen) atoms. The van der Waals surface area contributed by atoms with Crippen molar-refractivity contribution in [3.63, 3.8) is 0 Å². The number of para-hydroxylation sites is 1. The third-order valence-electron chi connectivity index (χ3n) is 3.47. The van der Waals surface area contributed by atoms with Crippen molar-refractivity contribution in [3.05, 3.63) is 70.5 Å². The van der Waals surface area contributed by atoms with E-state index in [9.17, 15) is 4.79 Å². The molecule has 2 aromatic carbocycles. The first kappa shape index (κ1) is 15.3. The van der Waals surface area contributed by atoms with Crippen LogP contribution in [0.5, 0.6) is 0 Å². The summed E-state index contributed by atoms with van der Waals surface area (Å²) in [6, 6.07) is 19.3. The van der Waals surface area contributed by atoms with Crippen molar-refractivity contribution < 1.29 is 0 Å². The molecule has 3 aromatic rings. The van der Waals surface area contributed by atoms with Crippen molar-refractivity contribution in [2.75, 3.05) is 0 Å². The first-order chi connectivity index (χ1) is 11.2. The molecule has 0 aliphatic carbocycles. The number of hydrogen-bond acceptors (Lipinski definition) is 4. The van der Waals surface area contributed by atoms with Gasteiger partial charge in [0.1, 0.15) is 0 Å². The second kappa shape index (κ2) is 6.67. The smallest absolute Gasteiger partial charge is 0.262 e. The van der Waals surface area contributed by atoms with Gasteiger partial charge in [0.2, 0.25) is 0 Å². The predicted molar refractivity (Wildman–Crippen MR) is 92.5 cm³/mol. The predicted octanol–water partition coefficient (Wildman–Crippen LogP) is 3.45. The fraction of sp³-hybridized carbons (Fsp3) is 0.167. The van der Waals surface area contributed by atoms with Gasteiger partial charge in [0, 0.05) is 0 Å². The van der Waals surface area contributed by atoms with Crippen molar-refractivity contribution >= 4 is 22.7 Å². The molecule has 0 unspecified atom stereocenters. The maximum atomic E-state index is 12.9. The van der Waals surface area contributed by atoms with Crippen molar-refractivity contribution in [3.8, 4) is 6.07 Å². The third-order valence-corrected chi connectivity index (χ3v) is 4.46. The Labute approximate surface area is 138 Å². The van der Waals surface area contributed by atoms with Crippen LogP contribution in [0.25, 0.3) is 10.9 Å².